The minimum Gasteiger partial charge on any atom is -0.321 e. The lowest BCUT2D eigenvalue weighted by atomic mass is 10.1. The molecule has 1 aromatic heterocycles. The molecule has 1 N–H and O–H groups in total. The fourth-order valence-electron chi connectivity index (χ4n) is 2.87. The Morgan fingerprint density at radius 1 is 1.11 bits per heavy atom. The van der Waals surface area contributed by atoms with Crippen LogP contribution in [0.5, 0.6) is 0 Å². The summed E-state index contributed by atoms with van der Waals surface area (Å²) in [5, 5.41) is 7.50. The van der Waals surface area contributed by atoms with Crippen molar-refractivity contribution >= 4 is 33.6 Å². The average molecular weight is 424 g/mol. The molecule has 0 saturated carbocycles. The predicted molar refractivity (Wildman–Crippen MR) is 114 cm³/mol. The molecule has 0 unspecified atom stereocenters. The van der Waals surface area contributed by atoms with Crippen LogP contribution in [-0.2, 0) is 11.3 Å². The molecule has 0 fully saturated rings. The SMILES string of the molecule is Cc1ccc(Cn2nc(C)c(/C=C/C(=O)Nc3ccccc3Br)c2C)cc1. The zero-order chi connectivity index (χ0) is 19.4. The van der Waals surface area contributed by atoms with Crippen molar-refractivity contribution < 1.29 is 4.79 Å². The standard InChI is InChI=1S/C22H22BrN3O/c1-15-8-10-18(11-9-15)14-26-17(3)19(16(2)25-26)12-13-22(27)24-21-7-5-4-6-20(21)23/h4-13H,14H2,1-3H3,(H,24,27)/b13-12+. The number of hydrogen-bond donors (Lipinski definition) is 1. The molecule has 3 rings (SSSR count). The number of nitrogens with zero attached hydrogens (tertiary/aromatic N) is 2. The Kier molecular flexibility index (Phi) is 5.91. The van der Waals surface area contributed by atoms with E-state index in [4.69, 9.17) is 0 Å². The van der Waals surface area contributed by atoms with Crippen molar-refractivity contribution in [3.63, 3.8) is 0 Å². The summed E-state index contributed by atoms with van der Waals surface area (Å²) in [4.78, 5) is 12.2. The van der Waals surface area contributed by atoms with Gasteiger partial charge in [-0.3, -0.25) is 9.48 Å². The van der Waals surface area contributed by atoms with Crippen LogP contribution in [-0.4, -0.2) is 15.7 Å². The Hall–Kier alpha value is -2.66. The van der Waals surface area contributed by atoms with Gasteiger partial charge >= 0.3 is 0 Å². The second-order valence-corrected chi connectivity index (χ2v) is 7.38. The minimum atomic E-state index is -0.174. The van der Waals surface area contributed by atoms with Crippen LogP contribution in [0.4, 0.5) is 5.69 Å². The third-order valence-electron chi connectivity index (χ3n) is 4.42. The second-order valence-electron chi connectivity index (χ2n) is 6.53. The van der Waals surface area contributed by atoms with Gasteiger partial charge in [-0.25, -0.2) is 0 Å². The van der Waals surface area contributed by atoms with Gasteiger partial charge in [0.2, 0.25) is 5.91 Å². The maximum Gasteiger partial charge on any atom is 0.248 e. The van der Waals surface area contributed by atoms with Gasteiger partial charge in [-0.2, -0.15) is 5.10 Å². The number of amides is 1. The van der Waals surface area contributed by atoms with Gasteiger partial charge in [0.1, 0.15) is 0 Å². The summed E-state index contributed by atoms with van der Waals surface area (Å²) in [5.41, 5.74) is 6.11. The number of anilines is 1. The number of nitrogens with one attached hydrogen (secondary N) is 1. The quantitative estimate of drug-likeness (QED) is 0.568. The molecule has 0 aliphatic rings. The molecular weight excluding hydrogens is 402 g/mol. The number of hydrogen-bond acceptors (Lipinski definition) is 2. The van der Waals surface area contributed by atoms with Crippen molar-refractivity contribution in [3.8, 4) is 0 Å². The number of halogens is 1. The van der Waals surface area contributed by atoms with Crippen molar-refractivity contribution in [3.05, 3.63) is 87.2 Å². The number of carbonyl (C=O) groups is 1. The van der Waals surface area contributed by atoms with E-state index in [9.17, 15) is 4.79 Å². The lowest BCUT2D eigenvalue weighted by molar-refractivity contribution is -0.111. The fraction of sp³-hybridized carbons (Fsp3) is 0.182. The predicted octanol–water partition coefficient (Wildman–Crippen LogP) is 5.27. The molecule has 0 bridgehead atoms. The number of aryl methyl sites for hydroxylation is 2. The smallest absolute Gasteiger partial charge is 0.248 e. The number of carbonyl (C=O) groups excluding carboxylic acids is 1. The second kappa shape index (κ2) is 8.35. The van der Waals surface area contributed by atoms with Crippen molar-refractivity contribution in [2.45, 2.75) is 27.3 Å². The molecule has 3 aromatic rings. The third-order valence-corrected chi connectivity index (χ3v) is 5.12. The van der Waals surface area contributed by atoms with Crippen LogP contribution < -0.4 is 5.32 Å². The molecular formula is C22H22BrN3O. The van der Waals surface area contributed by atoms with Crippen LogP contribution in [0.25, 0.3) is 6.08 Å². The maximum atomic E-state index is 12.2. The van der Waals surface area contributed by atoms with E-state index in [2.05, 4.69) is 57.5 Å². The molecule has 2 aromatic carbocycles. The average Bonchev–Trinajstić information content (AvgIpc) is 2.90. The molecule has 0 spiro atoms. The number of para-hydroxylation sites is 1. The van der Waals surface area contributed by atoms with Crippen LogP contribution in [0.3, 0.4) is 0 Å². The van der Waals surface area contributed by atoms with Crippen molar-refractivity contribution in [2.75, 3.05) is 5.32 Å². The van der Waals surface area contributed by atoms with Gasteiger partial charge in [0, 0.05) is 21.8 Å². The van der Waals surface area contributed by atoms with Crippen molar-refractivity contribution in [1.29, 1.82) is 0 Å². The van der Waals surface area contributed by atoms with Crippen molar-refractivity contribution in [1.82, 2.24) is 9.78 Å². The minimum absolute atomic E-state index is 0.174. The molecule has 0 aliphatic carbocycles. The van der Waals surface area contributed by atoms with Gasteiger partial charge in [-0.1, -0.05) is 42.0 Å². The molecule has 0 saturated heterocycles. The highest BCUT2D eigenvalue weighted by molar-refractivity contribution is 9.10. The Morgan fingerprint density at radius 2 is 1.81 bits per heavy atom. The zero-order valence-electron chi connectivity index (χ0n) is 15.7. The summed E-state index contributed by atoms with van der Waals surface area (Å²) in [6.45, 7) is 6.78. The Bertz CT molecular complexity index is 987. The lowest BCUT2D eigenvalue weighted by Crippen LogP contribution is -2.08. The largest absolute Gasteiger partial charge is 0.321 e. The molecule has 0 atom stereocenters. The summed E-state index contributed by atoms with van der Waals surface area (Å²) in [5.74, 6) is -0.174. The van der Waals surface area contributed by atoms with Gasteiger partial charge in [0.25, 0.3) is 0 Å². The molecule has 4 nitrogen and oxygen atoms in total. The molecule has 5 heteroatoms. The van der Waals surface area contributed by atoms with Crippen LogP contribution in [0.1, 0.15) is 28.1 Å². The van der Waals surface area contributed by atoms with Crippen molar-refractivity contribution in [2.24, 2.45) is 0 Å². The van der Waals surface area contributed by atoms with Gasteiger partial charge in [-0.15, -0.1) is 0 Å². The summed E-state index contributed by atoms with van der Waals surface area (Å²) in [6, 6.07) is 16.0. The van der Waals surface area contributed by atoms with Gasteiger partial charge in [-0.05, 0) is 60.5 Å². The van der Waals surface area contributed by atoms with E-state index < -0.39 is 0 Å². The molecule has 1 heterocycles. The third kappa shape index (κ3) is 4.74. The Morgan fingerprint density at radius 3 is 2.52 bits per heavy atom. The first-order valence-electron chi connectivity index (χ1n) is 8.77. The van der Waals surface area contributed by atoms with Gasteiger partial charge < -0.3 is 5.32 Å². The first-order valence-corrected chi connectivity index (χ1v) is 9.56. The summed E-state index contributed by atoms with van der Waals surface area (Å²) >= 11 is 3.43. The van der Waals surface area contributed by atoms with E-state index in [1.54, 1.807) is 6.08 Å². The summed E-state index contributed by atoms with van der Waals surface area (Å²) < 4.78 is 2.83. The van der Waals surface area contributed by atoms with Gasteiger partial charge in [0.15, 0.2) is 0 Å². The first kappa shape index (κ1) is 19.1. The van der Waals surface area contributed by atoms with E-state index in [0.29, 0.717) is 6.54 Å². The maximum absolute atomic E-state index is 12.2. The highest BCUT2D eigenvalue weighted by Gasteiger charge is 2.10. The van der Waals surface area contributed by atoms with E-state index >= 15 is 0 Å². The summed E-state index contributed by atoms with van der Waals surface area (Å²) in [6.07, 6.45) is 3.38. The summed E-state index contributed by atoms with van der Waals surface area (Å²) in [7, 11) is 0. The molecule has 1 amide bonds. The highest BCUT2D eigenvalue weighted by Crippen LogP contribution is 2.21. The fourth-order valence-corrected chi connectivity index (χ4v) is 3.25. The zero-order valence-corrected chi connectivity index (χ0v) is 17.2. The molecule has 0 radical (unpaired) electrons. The van der Waals surface area contributed by atoms with E-state index in [1.165, 1.54) is 11.1 Å². The van der Waals surface area contributed by atoms with Crippen LogP contribution >= 0.6 is 15.9 Å². The van der Waals surface area contributed by atoms with Crippen LogP contribution in [0.15, 0.2) is 59.1 Å². The lowest BCUT2D eigenvalue weighted by Gasteiger charge is -2.06. The first-order chi connectivity index (χ1) is 12.9. The van der Waals surface area contributed by atoms with E-state index in [1.807, 2.05) is 48.9 Å². The molecule has 27 heavy (non-hydrogen) atoms. The Labute approximate surface area is 168 Å². The topological polar surface area (TPSA) is 46.9 Å². The van der Waals surface area contributed by atoms with E-state index in [-0.39, 0.29) is 5.91 Å². The number of benzene rings is 2. The monoisotopic (exact) mass is 423 g/mol. The normalized spacial score (nSPS) is 11.1. The van der Waals surface area contributed by atoms with Crippen LogP contribution in [0.2, 0.25) is 0 Å². The molecule has 138 valence electrons. The van der Waals surface area contributed by atoms with E-state index in [0.717, 1.165) is 27.1 Å². The Balaban J connectivity index is 1.74. The molecule has 0 aliphatic heterocycles. The van der Waals surface area contributed by atoms with Gasteiger partial charge in [0.05, 0.1) is 17.9 Å². The highest BCUT2D eigenvalue weighted by atomic mass is 79.9. The number of aromatic nitrogens is 2. The van der Waals surface area contributed by atoms with Crippen LogP contribution in [0, 0.1) is 20.8 Å². The number of rotatable bonds is 5.